The van der Waals surface area contributed by atoms with Gasteiger partial charge in [-0.1, -0.05) is 12.2 Å². The second-order valence-corrected chi connectivity index (χ2v) is 6.48. The zero-order chi connectivity index (χ0) is 12.6. The van der Waals surface area contributed by atoms with Gasteiger partial charge in [0.25, 0.3) is 0 Å². The minimum atomic E-state index is 0.210. The summed E-state index contributed by atoms with van der Waals surface area (Å²) in [6, 6.07) is 0. The van der Waals surface area contributed by atoms with Crippen LogP contribution in [0.4, 0.5) is 0 Å². The molecule has 2 nitrogen and oxygen atoms in total. The molecular formula is C14H27NO. The first-order valence-electron chi connectivity index (χ1n) is 6.15. The molecule has 16 heavy (non-hydrogen) atoms. The van der Waals surface area contributed by atoms with Gasteiger partial charge in [-0.2, -0.15) is 0 Å². The Balaban J connectivity index is 2.67. The molecule has 0 radical (unpaired) electrons. The van der Waals surface area contributed by atoms with Crippen molar-refractivity contribution >= 4 is 0 Å². The number of likely N-dealkylation sites (tertiary alicyclic amines) is 1. The molecule has 0 N–H and O–H groups in total. The molecule has 94 valence electrons. The Labute approximate surface area is 101 Å². The summed E-state index contributed by atoms with van der Waals surface area (Å²) in [6.07, 6.45) is 2.55. The molecule has 0 spiro atoms. The molecule has 1 aliphatic heterocycles. The summed E-state index contributed by atoms with van der Waals surface area (Å²) in [5.74, 6) is 0. The van der Waals surface area contributed by atoms with Crippen LogP contribution >= 0.6 is 0 Å². The average molecular weight is 225 g/mol. The first-order chi connectivity index (χ1) is 7.15. The SMILES string of the molecule is C=C(C)COC1CC(C)(C)N(C)C(C)(C)C1. The third-order valence-corrected chi connectivity index (χ3v) is 3.84. The van der Waals surface area contributed by atoms with Crippen LogP contribution in [-0.2, 0) is 4.74 Å². The summed E-state index contributed by atoms with van der Waals surface area (Å²) >= 11 is 0. The lowest BCUT2D eigenvalue weighted by molar-refractivity contribution is -0.0868. The van der Waals surface area contributed by atoms with E-state index in [-0.39, 0.29) is 11.1 Å². The fourth-order valence-corrected chi connectivity index (χ4v) is 2.66. The first-order valence-corrected chi connectivity index (χ1v) is 6.15. The Bertz CT molecular complexity index is 250. The lowest BCUT2D eigenvalue weighted by atomic mass is 9.79. The van der Waals surface area contributed by atoms with E-state index in [0.29, 0.717) is 12.7 Å². The second-order valence-electron chi connectivity index (χ2n) is 6.48. The smallest absolute Gasteiger partial charge is 0.0675 e. The molecule has 2 heteroatoms. The molecule has 1 aliphatic rings. The predicted molar refractivity (Wildman–Crippen MR) is 69.7 cm³/mol. The van der Waals surface area contributed by atoms with Gasteiger partial charge < -0.3 is 4.74 Å². The van der Waals surface area contributed by atoms with Gasteiger partial charge in [-0.05, 0) is 54.5 Å². The molecule has 0 aliphatic carbocycles. The molecule has 0 amide bonds. The fraction of sp³-hybridized carbons (Fsp3) is 0.857. The van der Waals surface area contributed by atoms with Crippen molar-refractivity contribution in [2.75, 3.05) is 13.7 Å². The van der Waals surface area contributed by atoms with E-state index >= 15 is 0 Å². The summed E-state index contributed by atoms with van der Waals surface area (Å²) in [6.45, 7) is 15.8. The summed E-state index contributed by atoms with van der Waals surface area (Å²) < 4.78 is 5.94. The monoisotopic (exact) mass is 225 g/mol. The lowest BCUT2D eigenvalue weighted by Gasteiger charge is -2.53. The molecule has 1 saturated heterocycles. The van der Waals surface area contributed by atoms with E-state index in [2.05, 4.69) is 46.2 Å². The summed E-state index contributed by atoms with van der Waals surface area (Å²) in [4.78, 5) is 2.47. The third kappa shape index (κ3) is 3.08. The third-order valence-electron chi connectivity index (χ3n) is 3.84. The van der Waals surface area contributed by atoms with E-state index in [1.165, 1.54) is 0 Å². The highest BCUT2D eigenvalue weighted by molar-refractivity contribution is 4.99. The molecular weight excluding hydrogens is 198 g/mol. The van der Waals surface area contributed by atoms with E-state index in [4.69, 9.17) is 4.74 Å². The van der Waals surface area contributed by atoms with Crippen molar-refractivity contribution in [2.45, 2.75) is 64.6 Å². The number of ether oxygens (including phenoxy) is 1. The summed E-state index contributed by atoms with van der Waals surface area (Å²) in [5.41, 5.74) is 1.53. The van der Waals surface area contributed by atoms with Crippen molar-refractivity contribution in [3.8, 4) is 0 Å². The van der Waals surface area contributed by atoms with Crippen LogP contribution in [-0.4, -0.2) is 35.7 Å². The molecule has 0 aromatic carbocycles. The van der Waals surface area contributed by atoms with Gasteiger partial charge in [0.05, 0.1) is 12.7 Å². The highest BCUT2D eigenvalue weighted by atomic mass is 16.5. The van der Waals surface area contributed by atoms with Gasteiger partial charge in [0.1, 0.15) is 0 Å². The number of hydrogen-bond donors (Lipinski definition) is 0. The van der Waals surface area contributed by atoms with Gasteiger partial charge in [-0.3, -0.25) is 4.90 Å². The summed E-state index contributed by atoms with van der Waals surface area (Å²) in [7, 11) is 2.22. The van der Waals surface area contributed by atoms with E-state index in [9.17, 15) is 0 Å². The Hall–Kier alpha value is -0.340. The Morgan fingerprint density at radius 2 is 1.69 bits per heavy atom. The Morgan fingerprint density at radius 3 is 2.06 bits per heavy atom. The molecule has 0 unspecified atom stereocenters. The second kappa shape index (κ2) is 4.50. The van der Waals surface area contributed by atoms with Gasteiger partial charge in [-0.25, -0.2) is 0 Å². The number of nitrogens with zero attached hydrogens (tertiary/aromatic N) is 1. The minimum Gasteiger partial charge on any atom is -0.374 e. The van der Waals surface area contributed by atoms with Gasteiger partial charge in [-0.15, -0.1) is 0 Å². The number of hydrogen-bond acceptors (Lipinski definition) is 2. The number of rotatable bonds is 3. The first kappa shape index (κ1) is 13.7. The van der Waals surface area contributed by atoms with Gasteiger partial charge in [0.2, 0.25) is 0 Å². The van der Waals surface area contributed by atoms with Crippen molar-refractivity contribution < 1.29 is 4.74 Å². The van der Waals surface area contributed by atoms with Crippen molar-refractivity contribution in [3.05, 3.63) is 12.2 Å². The summed E-state index contributed by atoms with van der Waals surface area (Å²) in [5, 5.41) is 0. The maximum atomic E-state index is 5.94. The highest BCUT2D eigenvalue weighted by Gasteiger charge is 2.43. The fourth-order valence-electron chi connectivity index (χ4n) is 2.66. The van der Waals surface area contributed by atoms with Crippen LogP contribution in [0.2, 0.25) is 0 Å². The predicted octanol–water partition coefficient (Wildman–Crippen LogP) is 3.23. The zero-order valence-electron chi connectivity index (χ0n) is 11.8. The van der Waals surface area contributed by atoms with Crippen LogP contribution in [0.25, 0.3) is 0 Å². The van der Waals surface area contributed by atoms with Gasteiger partial charge in [0.15, 0.2) is 0 Å². The highest BCUT2D eigenvalue weighted by Crippen LogP contribution is 2.38. The maximum Gasteiger partial charge on any atom is 0.0675 e. The van der Waals surface area contributed by atoms with Gasteiger partial charge in [0, 0.05) is 11.1 Å². The molecule has 1 fully saturated rings. The standard InChI is InChI=1S/C14H27NO/c1-11(2)10-16-12-8-13(3,4)15(7)14(5,6)9-12/h12H,1,8-10H2,2-7H3. The van der Waals surface area contributed by atoms with E-state index < -0.39 is 0 Å². The quantitative estimate of drug-likeness (QED) is 0.684. The van der Waals surface area contributed by atoms with Crippen molar-refractivity contribution in [2.24, 2.45) is 0 Å². The Kier molecular flexibility index (Phi) is 3.86. The van der Waals surface area contributed by atoms with Crippen LogP contribution in [0.1, 0.15) is 47.5 Å². The van der Waals surface area contributed by atoms with Gasteiger partial charge >= 0.3 is 0 Å². The topological polar surface area (TPSA) is 12.5 Å². The van der Waals surface area contributed by atoms with E-state index in [1.54, 1.807) is 0 Å². The van der Waals surface area contributed by atoms with Crippen LogP contribution in [0.5, 0.6) is 0 Å². The van der Waals surface area contributed by atoms with Crippen molar-refractivity contribution in [1.29, 1.82) is 0 Å². The molecule has 0 aromatic rings. The zero-order valence-corrected chi connectivity index (χ0v) is 11.8. The molecule has 0 aromatic heterocycles. The maximum absolute atomic E-state index is 5.94. The normalized spacial score (nSPS) is 25.6. The Morgan fingerprint density at radius 1 is 1.25 bits per heavy atom. The molecule has 1 heterocycles. The molecule has 0 atom stereocenters. The van der Waals surface area contributed by atoms with E-state index in [1.807, 2.05) is 6.92 Å². The van der Waals surface area contributed by atoms with Crippen molar-refractivity contribution in [3.63, 3.8) is 0 Å². The van der Waals surface area contributed by atoms with Crippen LogP contribution < -0.4 is 0 Å². The number of piperidine rings is 1. The van der Waals surface area contributed by atoms with Crippen molar-refractivity contribution in [1.82, 2.24) is 4.90 Å². The largest absolute Gasteiger partial charge is 0.374 e. The average Bonchev–Trinajstić information content (AvgIpc) is 2.10. The van der Waals surface area contributed by atoms with Crippen LogP contribution in [0.15, 0.2) is 12.2 Å². The molecule has 0 saturated carbocycles. The lowest BCUT2D eigenvalue weighted by Crippen LogP contribution is -2.60. The van der Waals surface area contributed by atoms with Crippen LogP contribution in [0.3, 0.4) is 0 Å². The molecule has 1 rings (SSSR count). The van der Waals surface area contributed by atoms with Crippen LogP contribution in [0, 0.1) is 0 Å². The minimum absolute atomic E-state index is 0.210. The molecule has 0 bridgehead atoms. The van der Waals surface area contributed by atoms with E-state index in [0.717, 1.165) is 18.4 Å².